The first-order valence-corrected chi connectivity index (χ1v) is 8.98. The van der Waals surface area contributed by atoms with Crippen LogP contribution in [0.15, 0.2) is 30.6 Å². The number of alkyl carbamates (subject to hydrolysis) is 1. The molecule has 7 heteroatoms. The van der Waals surface area contributed by atoms with Gasteiger partial charge >= 0.3 is 6.09 Å². The van der Waals surface area contributed by atoms with Gasteiger partial charge in [0.2, 0.25) is 0 Å². The van der Waals surface area contributed by atoms with Crippen molar-refractivity contribution in [2.75, 3.05) is 24.5 Å². The highest BCUT2D eigenvalue weighted by atomic mass is 16.6. The monoisotopic (exact) mass is 352 g/mol. The van der Waals surface area contributed by atoms with E-state index in [1.54, 1.807) is 6.33 Å². The van der Waals surface area contributed by atoms with Crippen molar-refractivity contribution in [2.45, 2.75) is 31.5 Å². The van der Waals surface area contributed by atoms with Crippen LogP contribution in [-0.4, -0.2) is 41.3 Å². The Morgan fingerprint density at radius 2 is 2.15 bits per heavy atom. The zero-order valence-corrected chi connectivity index (χ0v) is 14.4. The molecule has 4 heterocycles. The third-order valence-electron chi connectivity index (χ3n) is 5.42. The van der Waals surface area contributed by atoms with E-state index in [1.165, 1.54) is 0 Å². The number of benzene rings is 1. The molecule has 1 aromatic carbocycles. The van der Waals surface area contributed by atoms with Crippen molar-refractivity contribution in [1.82, 2.24) is 15.3 Å². The normalized spacial score (nSPS) is 24.2. The zero-order chi connectivity index (χ0) is 17.6. The average Bonchev–Trinajstić information content (AvgIpc) is 2.90. The van der Waals surface area contributed by atoms with Crippen molar-refractivity contribution in [3.05, 3.63) is 47.4 Å². The number of rotatable bonds is 1. The number of carbonyl (C=O) groups is 1. The molecule has 3 aliphatic heterocycles. The van der Waals surface area contributed by atoms with E-state index in [0.717, 1.165) is 54.2 Å². The quantitative estimate of drug-likeness (QED) is 0.846. The Hall–Kier alpha value is -2.83. The maximum absolute atomic E-state index is 11.6. The van der Waals surface area contributed by atoms with Gasteiger partial charge in [-0.2, -0.15) is 0 Å². The van der Waals surface area contributed by atoms with Crippen LogP contribution in [0.2, 0.25) is 0 Å². The smallest absolute Gasteiger partial charge is 0.407 e. The number of para-hydroxylation sites is 1. The van der Waals surface area contributed by atoms with Gasteiger partial charge in [-0.15, -0.1) is 0 Å². The fourth-order valence-electron chi connectivity index (χ4n) is 4.15. The molecule has 0 saturated carbocycles. The van der Waals surface area contributed by atoms with Gasteiger partial charge in [0, 0.05) is 18.5 Å². The highest BCUT2D eigenvalue weighted by molar-refractivity contribution is 5.70. The molecule has 1 N–H and O–H groups in total. The molecule has 26 heavy (non-hydrogen) atoms. The van der Waals surface area contributed by atoms with Crippen molar-refractivity contribution in [2.24, 2.45) is 0 Å². The topological polar surface area (TPSA) is 76.6 Å². The van der Waals surface area contributed by atoms with Gasteiger partial charge in [-0.3, -0.25) is 0 Å². The lowest BCUT2D eigenvalue weighted by Gasteiger charge is -2.39. The zero-order valence-electron chi connectivity index (χ0n) is 14.4. The van der Waals surface area contributed by atoms with Crippen LogP contribution in [0.3, 0.4) is 0 Å². The predicted molar refractivity (Wildman–Crippen MR) is 94.3 cm³/mol. The molecule has 3 aliphatic rings. The summed E-state index contributed by atoms with van der Waals surface area (Å²) in [4.78, 5) is 22.9. The van der Waals surface area contributed by atoms with E-state index in [2.05, 4.69) is 26.3 Å². The van der Waals surface area contributed by atoms with Crippen molar-refractivity contribution in [3.8, 4) is 5.75 Å². The molecule has 0 bridgehead atoms. The molecule has 1 unspecified atom stereocenters. The van der Waals surface area contributed by atoms with Crippen LogP contribution >= 0.6 is 0 Å². The number of fused-ring (bicyclic) bond motifs is 2. The molecule has 1 spiro atoms. The Balaban J connectivity index is 1.50. The minimum absolute atomic E-state index is 0.323. The summed E-state index contributed by atoms with van der Waals surface area (Å²) in [5.74, 6) is 1.83. The van der Waals surface area contributed by atoms with Crippen LogP contribution in [-0.2, 0) is 17.8 Å². The second kappa shape index (κ2) is 5.86. The van der Waals surface area contributed by atoms with Crippen molar-refractivity contribution in [3.63, 3.8) is 0 Å². The predicted octanol–water partition coefficient (Wildman–Crippen LogP) is 2.04. The Bertz CT molecular complexity index is 872. The maximum Gasteiger partial charge on any atom is 0.407 e. The summed E-state index contributed by atoms with van der Waals surface area (Å²) in [7, 11) is 0. The molecule has 2 aromatic rings. The summed E-state index contributed by atoms with van der Waals surface area (Å²) in [5, 5.41) is 2.80. The molecule has 0 radical (unpaired) electrons. The van der Waals surface area contributed by atoms with Crippen molar-refractivity contribution in [1.29, 1.82) is 0 Å². The van der Waals surface area contributed by atoms with Crippen molar-refractivity contribution < 1.29 is 14.3 Å². The van der Waals surface area contributed by atoms with Gasteiger partial charge in [0.05, 0.1) is 18.8 Å². The number of aromatic nitrogens is 2. The number of amides is 1. The summed E-state index contributed by atoms with van der Waals surface area (Å²) in [5.41, 5.74) is 2.72. The molecular formula is C19H20N4O3. The van der Waals surface area contributed by atoms with Gasteiger partial charge < -0.3 is 19.7 Å². The molecule has 7 nitrogen and oxygen atoms in total. The van der Waals surface area contributed by atoms with Crippen molar-refractivity contribution >= 4 is 11.9 Å². The van der Waals surface area contributed by atoms with E-state index in [-0.39, 0.29) is 6.09 Å². The fourth-order valence-corrected chi connectivity index (χ4v) is 4.15. The van der Waals surface area contributed by atoms with Gasteiger partial charge in [0.15, 0.2) is 0 Å². The number of nitrogens with zero attached hydrogens (tertiary/aromatic N) is 3. The number of hydrogen-bond donors (Lipinski definition) is 1. The average molecular weight is 352 g/mol. The number of carbonyl (C=O) groups excluding carboxylic acids is 1. The van der Waals surface area contributed by atoms with E-state index < -0.39 is 5.60 Å². The number of hydrogen-bond acceptors (Lipinski definition) is 6. The highest BCUT2D eigenvalue weighted by Crippen LogP contribution is 2.35. The lowest BCUT2D eigenvalue weighted by atomic mass is 9.92. The maximum atomic E-state index is 11.6. The van der Waals surface area contributed by atoms with Crippen LogP contribution < -0.4 is 15.0 Å². The van der Waals surface area contributed by atoms with Crippen LogP contribution in [0.1, 0.15) is 29.7 Å². The van der Waals surface area contributed by atoms with Gasteiger partial charge in [-0.05, 0) is 24.5 Å². The molecule has 134 valence electrons. The first kappa shape index (κ1) is 15.4. The molecule has 1 amide bonds. The molecule has 1 atom stereocenters. The summed E-state index contributed by atoms with van der Waals surface area (Å²) in [6.07, 6.45) is 3.86. The van der Waals surface area contributed by atoms with Crippen LogP contribution in [0.25, 0.3) is 0 Å². The van der Waals surface area contributed by atoms with E-state index in [4.69, 9.17) is 9.47 Å². The van der Waals surface area contributed by atoms with Gasteiger partial charge in [0.25, 0.3) is 0 Å². The summed E-state index contributed by atoms with van der Waals surface area (Å²) >= 11 is 0. The minimum Gasteiger partial charge on any atom is -0.487 e. The summed E-state index contributed by atoms with van der Waals surface area (Å²) < 4.78 is 11.5. The number of ether oxygens (including phenoxy) is 2. The molecule has 5 rings (SSSR count). The Morgan fingerprint density at radius 3 is 3.04 bits per heavy atom. The Morgan fingerprint density at radius 1 is 1.23 bits per heavy atom. The number of nitrogens with one attached hydrogen (secondary N) is 1. The molecule has 1 aromatic heterocycles. The SMILES string of the molecule is O=C1NCC2(CCCN(c3ncnc4c3Cc3ccccc3OC4)C2)O1. The fraction of sp³-hybridized carbons (Fsp3) is 0.421. The Kier molecular flexibility index (Phi) is 3.48. The molecule has 2 fully saturated rings. The largest absolute Gasteiger partial charge is 0.487 e. The van der Waals surface area contributed by atoms with Gasteiger partial charge in [-0.25, -0.2) is 14.8 Å². The number of anilines is 1. The van der Waals surface area contributed by atoms with Crippen LogP contribution in [0.4, 0.5) is 10.6 Å². The molecule has 0 aliphatic carbocycles. The van der Waals surface area contributed by atoms with Gasteiger partial charge in [-0.1, -0.05) is 18.2 Å². The summed E-state index contributed by atoms with van der Waals surface area (Å²) in [6, 6.07) is 8.09. The standard InChI is InChI=1S/C19H20N4O3/c24-18-20-10-19(26-18)6-3-7-23(11-19)17-14-8-13-4-1-2-5-16(13)25-9-15(14)21-12-22-17/h1-2,4-5,12H,3,6-11H2,(H,20,24). The molecule has 2 saturated heterocycles. The highest BCUT2D eigenvalue weighted by Gasteiger charge is 2.44. The van der Waals surface area contributed by atoms with Gasteiger partial charge in [0.1, 0.15) is 30.1 Å². The lowest BCUT2D eigenvalue weighted by molar-refractivity contribution is 0.0445. The van der Waals surface area contributed by atoms with Crippen LogP contribution in [0.5, 0.6) is 5.75 Å². The number of piperidine rings is 1. The third kappa shape index (κ3) is 2.55. The summed E-state index contributed by atoms with van der Waals surface area (Å²) in [6.45, 7) is 2.54. The van der Waals surface area contributed by atoms with E-state index in [9.17, 15) is 4.79 Å². The lowest BCUT2D eigenvalue weighted by Crippen LogP contribution is -2.51. The van der Waals surface area contributed by atoms with E-state index in [1.807, 2.05) is 18.2 Å². The second-order valence-electron chi connectivity index (χ2n) is 7.15. The molecular weight excluding hydrogens is 332 g/mol. The third-order valence-corrected chi connectivity index (χ3v) is 5.42. The van der Waals surface area contributed by atoms with Crippen LogP contribution in [0, 0.1) is 0 Å². The van der Waals surface area contributed by atoms with E-state index in [0.29, 0.717) is 19.7 Å². The van der Waals surface area contributed by atoms with E-state index >= 15 is 0 Å². The second-order valence-corrected chi connectivity index (χ2v) is 7.15. The first-order valence-electron chi connectivity index (χ1n) is 8.98. The Labute approximate surface area is 151 Å². The minimum atomic E-state index is -0.452. The first-order chi connectivity index (χ1) is 12.7.